The molecule has 1 aromatic carbocycles. The number of aryl methyl sites for hydroxylation is 1. The van der Waals surface area contributed by atoms with Crippen LogP contribution >= 0.6 is 0 Å². The van der Waals surface area contributed by atoms with Crippen molar-refractivity contribution in [2.24, 2.45) is 0 Å². The topological polar surface area (TPSA) is 58.2 Å². The molecule has 15 heavy (non-hydrogen) atoms. The molecule has 78 valence electrons. The number of anilines is 2. The van der Waals surface area contributed by atoms with Gasteiger partial charge in [0.1, 0.15) is 0 Å². The molecule has 4 nitrogen and oxygen atoms in total. The first kappa shape index (κ1) is 11.0. The zero-order valence-electron chi connectivity index (χ0n) is 8.41. The first-order valence-corrected chi connectivity index (χ1v) is 4.41. The third-order valence-corrected chi connectivity index (χ3v) is 1.83. The second-order valence-electron chi connectivity index (χ2n) is 3.00. The summed E-state index contributed by atoms with van der Waals surface area (Å²) in [5, 5.41) is 5.11. The Hall–Kier alpha value is -2.10. The maximum absolute atomic E-state index is 11.1. The summed E-state index contributed by atoms with van der Waals surface area (Å²) in [4.78, 5) is 21.4. The maximum Gasteiger partial charge on any atom is 0.247 e. The van der Waals surface area contributed by atoms with Gasteiger partial charge in [0.05, 0.1) is 11.4 Å². The molecule has 0 saturated carbocycles. The van der Waals surface area contributed by atoms with Crippen molar-refractivity contribution in [3.63, 3.8) is 0 Å². The standard InChI is InChI=1S/C11H12N2O2/c1-3-11(15)13-10-6-8(2)4-5-9(10)12-7-14/h3-7H,1H2,2H3,(H,12,14)(H,13,15). The van der Waals surface area contributed by atoms with Crippen LogP contribution in [0.1, 0.15) is 5.56 Å². The van der Waals surface area contributed by atoms with Crippen LogP contribution in [0.5, 0.6) is 0 Å². The third-order valence-electron chi connectivity index (χ3n) is 1.83. The molecule has 0 saturated heterocycles. The van der Waals surface area contributed by atoms with E-state index >= 15 is 0 Å². The fourth-order valence-electron chi connectivity index (χ4n) is 1.13. The summed E-state index contributed by atoms with van der Waals surface area (Å²) in [6.07, 6.45) is 1.74. The molecule has 0 heterocycles. The van der Waals surface area contributed by atoms with Crippen molar-refractivity contribution in [1.82, 2.24) is 0 Å². The Bertz CT molecular complexity index is 400. The number of nitrogens with one attached hydrogen (secondary N) is 2. The second-order valence-corrected chi connectivity index (χ2v) is 3.00. The Balaban J connectivity index is 3.00. The van der Waals surface area contributed by atoms with Crippen molar-refractivity contribution in [2.75, 3.05) is 10.6 Å². The third kappa shape index (κ3) is 2.95. The Labute approximate surface area is 88.0 Å². The molecule has 0 aliphatic heterocycles. The van der Waals surface area contributed by atoms with Crippen LogP contribution in [0.4, 0.5) is 11.4 Å². The average Bonchev–Trinajstić information content (AvgIpc) is 2.22. The molecule has 0 fully saturated rings. The highest BCUT2D eigenvalue weighted by Gasteiger charge is 2.03. The lowest BCUT2D eigenvalue weighted by Crippen LogP contribution is -2.10. The van der Waals surface area contributed by atoms with Crippen LogP contribution in [0.2, 0.25) is 0 Å². The molecule has 0 radical (unpaired) electrons. The van der Waals surface area contributed by atoms with Gasteiger partial charge in [-0.05, 0) is 30.7 Å². The van der Waals surface area contributed by atoms with E-state index in [0.29, 0.717) is 17.8 Å². The summed E-state index contributed by atoms with van der Waals surface area (Å²) >= 11 is 0. The quantitative estimate of drug-likeness (QED) is 0.579. The van der Waals surface area contributed by atoms with E-state index < -0.39 is 0 Å². The molecule has 0 aromatic heterocycles. The Morgan fingerprint density at radius 3 is 2.73 bits per heavy atom. The van der Waals surface area contributed by atoms with Crippen molar-refractivity contribution < 1.29 is 9.59 Å². The van der Waals surface area contributed by atoms with Crippen LogP contribution in [-0.2, 0) is 9.59 Å². The van der Waals surface area contributed by atoms with E-state index in [-0.39, 0.29) is 5.91 Å². The van der Waals surface area contributed by atoms with Gasteiger partial charge in [-0.25, -0.2) is 0 Å². The van der Waals surface area contributed by atoms with E-state index in [0.717, 1.165) is 5.56 Å². The highest BCUT2D eigenvalue weighted by Crippen LogP contribution is 2.22. The van der Waals surface area contributed by atoms with E-state index in [1.165, 1.54) is 6.08 Å². The van der Waals surface area contributed by atoms with Crippen molar-refractivity contribution in [3.05, 3.63) is 36.4 Å². The molecular formula is C11H12N2O2. The van der Waals surface area contributed by atoms with Gasteiger partial charge in [-0.15, -0.1) is 0 Å². The number of hydrogen-bond donors (Lipinski definition) is 2. The molecule has 0 aliphatic rings. The molecule has 0 spiro atoms. The van der Waals surface area contributed by atoms with Crippen LogP contribution in [0.15, 0.2) is 30.9 Å². The Morgan fingerprint density at radius 2 is 2.13 bits per heavy atom. The fourth-order valence-corrected chi connectivity index (χ4v) is 1.13. The van der Waals surface area contributed by atoms with E-state index in [1.54, 1.807) is 12.1 Å². The lowest BCUT2D eigenvalue weighted by atomic mass is 10.2. The highest BCUT2D eigenvalue weighted by molar-refractivity contribution is 6.02. The van der Waals surface area contributed by atoms with Gasteiger partial charge in [0, 0.05) is 0 Å². The normalized spacial score (nSPS) is 9.13. The van der Waals surface area contributed by atoms with Gasteiger partial charge >= 0.3 is 0 Å². The zero-order chi connectivity index (χ0) is 11.3. The van der Waals surface area contributed by atoms with Gasteiger partial charge in [0.2, 0.25) is 12.3 Å². The number of benzene rings is 1. The monoisotopic (exact) mass is 204 g/mol. The molecule has 0 bridgehead atoms. The van der Waals surface area contributed by atoms with Gasteiger partial charge in [0.15, 0.2) is 0 Å². The number of rotatable bonds is 4. The minimum absolute atomic E-state index is 0.311. The Kier molecular flexibility index (Phi) is 3.62. The van der Waals surface area contributed by atoms with E-state index in [4.69, 9.17) is 0 Å². The van der Waals surface area contributed by atoms with Gasteiger partial charge in [0.25, 0.3) is 0 Å². The SMILES string of the molecule is C=CC(=O)Nc1cc(C)ccc1NC=O. The van der Waals surface area contributed by atoms with Crippen molar-refractivity contribution in [1.29, 1.82) is 0 Å². The number of carbonyl (C=O) groups excluding carboxylic acids is 2. The van der Waals surface area contributed by atoms with Gasteiger partial charge in [-0.1, -0.05) is 12.6 Å². The second kappa shape index (κ2) is 4.95. The predicted octanol–water partition coefficient (Wildman–Crippen LogP) is 1.69. The first-order valence-electron chi connectivity index (χ1n) is 4.41. The van der Waals surface area contributed by atoms with E-state index in [1.807, 2.05) is 13.0 Å². The highest BCUT2D eigenvalue weighted by atomic mass is 16.1. The van der Waals surface area contributed by atoms with Crippen molar-refractivity contribution in [3.8, 4) is 0 Å². The molecule has 4 heteroatoms. The molecule has 1 rings (SSSR count). The molecule has 0 atom stereocenters. The minimum Gasteiger partial charge on any atom is -0.327 e. The zero-order valence-corrected chi connectivity index (χ0v) is 8.41. The number of hydrogen-bond acceptors (Lipinski definition) is 2. The molecule has 0 unspecified atom stereocenters. The van der Waals surface area contributed by atoms with Crippen LogP contribution in [-0.4, -0.2) is 12.3 Å². The molecule has 2 amide bonds. The first-order chi connectivity index (χ1) is 7.17. The van der Waals surface area contributed by atoms with Gasteiger partial charge < -0.3 is 10.6 Å². The summed E-state index contributed by atoms with van der Waals surface area (Å²) in [5.41, 5.74) is 2.11. The number of amides is 2. The van der Waals surface area contributed by atoms with Crippen molar-refractivity contribution >= 4 is 23.7 Å². The summed E-state index contributed by atoms with van der Waals surface area (Å²) in [6.45, 7) is 5.25. The van der Waals surface area contributed by atoms with Gasteiger partial charge in [-0.3, -0.25) is 9.59 Å². The average molecular weight is 204 g/mol. The van der Waals surface area contributed by atoms with Crippen LogP contribution in [0.25, 0.3) is 0 Å². The maximum atomic E-state index is 11.1. The fraction of sp³-hybridized carbons (Fsp3) is 0.0909. The summed E-state index contributed by atoms with van der Waals surface area (Å²) < 4.78 is 0. The summed E-state index contributed by atoms with van der Waals surface area (Å²) in [6, 6.07) is 5.34. The molecular weight excluding hydrogens is 192 g/mol. The minimum atomic E-state index is -0.311. The predicted molar refractivity (Wildman–Crippen MR) is 59.7 cm³/mol. The van der Waals surface area contributed by atoms with Crippen LogP contribution < -0.4 is 10.6 Å². The van der Waals surface area contributed by atoms with Gasteiger partial charge in [-0.2, -0.15) is 0 Å². The van der Waals surface area contributed by atoms with Crippen molar-refractivity contribution in [2.45, 2.75) is 6.92 Å². The van der Waals surface area contributed by atoms with E-state index in [9.17, 15) is 9.59 Å². The lowest BCUT2D eigenvalue weighted by Gasteiger charge is -2.09. The molecule has 1 aromatic rings. The van der Waals surface area contributed by atoms with E-state index in [2.05, 4.69) is 17.2 Å². The summed E-state index contributed by atoms with van der Waals surface area (Å²) in [7, 11) is 0. The summed E-state index contributed by atoms with van der Waals surface area (Å²) in [5.74, 6) is -0.311. The molecule has 0 aliphatic carbocycles. The van der Waals surface area contributed by atoms with Crippen LogP contribution in [0, 0.1) is 6.92 Å². The largest absolute Gasteiger partial charge is 0.327 e. The smallest absolute Gasteiger partial charge is 0.247 e. The number of carbonyl (C=O) groups is 2. The molecule has 2 N–H and O–H groups in total. The Morgan fingerprint density at radius 1 is 1.40 bits per heavy atom. The van der Waals surface area contributed by atoms with Crippen LogP contribution in [0.3, 0.4) is 0 Å². The lowest BCUT2D eigenvalue weighted by molar-refractivity contribution is -0.112.